The number of piperidine rings is 1. The molecule has 148 valence electrons. The van der Waals surface area contributed by atoms with Gasteiger partial charge >= 0.3 is 0 Å². The third kappa shape index (κ3) is 4.23. The Bertz CT molecular complexity index is 892. The second kappa shape index (κ2) is 7.97. The fraction of sp³-hybridized carbons (Fsp3) is 0.450. The monoisotopic (exact) mass is 402 g/mol. The average Bonchev–Trinajstić information content (AvgIpc) is 3.09. The van der Waals surface area contributed by atoms with Crippen molar-refractivity contribution < 1.29 is 14.0 Å². The second-order valence-corrected chi connectivity index (χ2v) is 8.49. The van der Waals surface area contributed by atoms with E-state index in [1.54, 1.807) is 6.07 Å². The molecule has 0 radical (unpaired) electrons. The minimum absolute atomic E-state index is 0.0364. The van der Waals surface area contributed by atoms with Crippen LogP contribution < -0.4 is 10.6 Å². The molecule has 1 atom stereocenters. The molecule has 0 spiro atoms. The van der Waals surface area contributed by atoms with E-state index in [4.69, 9.17) is 0 Å². The fourth-order valence-electron chi connectivity index (χ4n) is 3.75. The van der Waals surface area contributed by atoms with E-state index in [0.717, 1.165) is 31.2 Å². The maximum absolute atomic E-state index is 13.4. The molecule has 1 fully saturated rings. The van der Waals surface area contributed by atoms with Gasteiger partial charge in [-0.05, 0) is 49.5 Å². The highest BCUT2D eigenvalue weighted by molar-refractivity contribution is 7.13. The first-order chi connectivity index (χ1) is 13.5. The van der Waals surface area contributed by atoms with E-state index in [1.807, 2.05) is 5.38 Å². The van der Waals surface area contributed by atoms with Crippen LogP contribution in [0, 0.1) is 11.7 Å². The number of aromatic nitrogens is 1. The Morgan fingerprint density at radius 3 is 2.96 bits per heavy atom. The van der Waals surface area contributed by atoms with Crippen molar-refractivity contribution in [3.05, 3.63) is 40.7 Å². The van der Waals surface area contributed by atoms with Crippen molar-refractivity contribution in [2.24, 2.45) is 5.92 Å². The van der Waals surface area contributed by atoms with Crippen molar-refractivity contribution in [1.29, 1.82) is 0 Å². The predicted octanol–water partition coefficient (Wildman–Crippen LogP) is 3.58. The van der Waals surface area contributed by atoms with Crippen LogP contribution in [0.25, 0.3) is 0 Å². The van der Waals surface area contributed by atoms with E-state index in [1.165, 1.54) is 36.3 Å². The van der Waals surface area contributed by atoms with Crippen molar-refractivity contribution in [2.45, 2.75) is 38.6 Å². The number of halogens is 1. The Morgan fingerprint density at radius 2 is 2.18 bits per heavy atom. The molecule has 4 rings (SSSR count). The van der Waals surface area contributed by atoms with E-state index >= 15 is 0 Å². The molecule has 2 amide bonds. The zero-order valence-electron chi connectivity index (χ0n) is 15.7. The van der Waals surface area contributed by atoms with Crippen LogP contribution in [0.4, 0.5) is 15.2 Å². The minimum atomic E-state index is -0.653. The molecule has 2 aromatic rings. The van der Waals surface area contributed by atoms with Gasteiger partial charge in [0.2, 0.25) is 11.8 Å². The van der Waals surface area contributed by atoms with E-state index in [9.17, 15) is 14.0 Å². The van der Waals surface area contributed by atoms with Crippen molar-refractivity contribution in [3.8, 4) is 0 Å². The molecule has 1 saturated heterocycles. The van der Waals surface area contributed by atoms with Gasteiger partial charge < -0.3 is 10.6 Å². The first kappa shape index (κ1) is 19.0. The van der Waals surface area contributed by atoms with Crippen molar-refractivity contribution >= 4 is 34.0 Å². The van der Waals surface area contributed by atoms with Crippen molar-refractivity contribution in [2.75, 3.05) is 23.7 Å². The number of hydrogen-bond acceptors (Lipinski definition) is 5. The van der Waals surface area contributed by atoms with E-state index in [2.05, 4.69) is 27.4 Å². The SMILES string of the molecule is CC1CCN(Cc2csc(NC(=O)C3CC(=O)Nc4cc(F)ccc43)n2)CC1. The van der Waals surface area contributed by atoms with Gasteiger partial charge in [0.05, 0.1) is 11.6 Å². The van der Waals surface area contributed by atoms with Crippen LogP contribution in [0.15, 0.2) is 23.6 Å². The standard InChI is InChI=1S/C20H23FN4O2S/c1-12-4-6-25(7-5-12)10-14-11-28-20(22-14)24-19(27)16-9-18(26)23-17-8-13(21)2-3-15(16)17/h2-3,8,11-12,16H,4-7,9-10H2,1H3,(H,23,26)(H,22,24,27). The van der Waals surface area contributed by atoms with Gasteiger partial charge in [-0.25, -0.2) is 9.37 Å². The molecule has 2 aliphatic heterocycles. The van der Waals surface area contributed by atoms with Crippen LogP contribution in [0.3, 0.4) is 0 Å². The number of carbonyl (C=O) groups is 2. The van der Waals surface area contributed by atoms with Gasteiger partial charge in [-0.3, -0.25) is 14.5 Å². The summed E-state index contributed by atoms with van der Waals surface area (Å²) in [6.45, 7) is 5.22. The lowest BCUT2D eigenvalue weighted by atomic mass is 9.90. The Kier molecular flexibility index (Phi) is 5.41. The maximum atomic E-state index is 13.4. The Balaban J connectivity index is 1.42. The van der Waals surface area contributed by atoms with Crippen molar-refractivity contribution in [1.82, 2.24) is 9.88 Å². The highest BCUT2D eigenvalue weighted by Gasteiger charge is 2.31. The lowest BCUT2D eigenvalue weighted by Gasteiger charge is -2.29. The predicted molar refractivity (Wildman–Crippen MR) is 107 cm³/mol. The normalized spacial score (nSPS) is 20.5. The zero-order chi connectivity index (χ0) is 19.7. The number of nitrogens with zero attached hydrogens (tertiary/aromatic N) is 2. The summed E-state index contributed by atoms with van der Waals surface area (Å²) in [5.74, 6) is -0.907. The number of carbonyl (C=O) groups excluding carboxylic acids is 2. The largest absolute Gasteiger partial charge is 0.326 e. The van der Waals surface area contributed by atoms with Gasteiger partial charge in [0.25, 0.3) is 0 Å². The lowest BCUT2D eigenvalue weighted by Crippen LogP contribution is -2.32. The Hall–Kier alpha value is -2.32. The molecule has 1 aromatic carbocycles. The van der Waals surface area contributed by atoms with Crippen LogP contribution in [-0.2, 0) is 16.1 Å². The van der Waals surface area contributed by atoms with Crippen LogP contribution in [-0.4, -0.2) is 34.8 Å². The topological polar surface area (TPSA) is 74.3 Å². The number of thiazole rings is 1. The molecule has 0 saturated carbocycles. The first-order valence-corrected chi connectivity index (χ1v) is 10.4. The van der Waals surface area contributed by atoms with Gasteiger partial charge in [0, 0.05) is 24.0 Å². The highest BCUT2D eigenvalue weighted by atomic mass is 32.1. The molecule has 3 heterocycles. The summed E-state index contributed by atoms with van der Waals surface area (Å²) >= 11 is 1.39. The van der Waals surface area contributed by atoms with E-state index < -0.39 is 11.7 Å². The lowest BCUT2D eigenvalue weighted by molar-refractivity contribution is -0.123. The van der Waals surface area contributed by atoms with Gasteiger partial charge in [-0.2, -0.15) is 0 Å². The number of anilines is 2. The molecule has 0 aliphatic carbocycles. The molecule has 28 heavy (non-hydrogen) atoms. The molecule has 6 nitrogen and oxygen atoms in total. The van der Waals surface area contributed by atoms with Crippen LogP contribution >= 0.6 is 11.3 Å². The van der Waals surface area contributed by atoms with Gasteiger partial charge in [0.15, 0.2) is 5.13 Å². The number of amides is 2. The first-order valence-electron chi connectivity index (χ1n) is 9.55. The molecule has 1 aromatic heterocycles. The highest BCUT2D eigenvalue weighted by Crippen LogP contribution is 2.34. The Labute approximate surface area is 167 Å². The smallest absolute Gasteiger partial charge is 0.234 e. The molecule has 1 unspecified atom stereocenters. The fourth-order valence-corrected chi connectivity index (χ4v) is 4.45. The molecule has 2 aliphatic rings. The summed E-state index contributed by atoms with van der Waals surface area (Å²) in [4.78, 5) is 31.6. The number of fused-ring (bicyclic) bond motifs is 1. The molecular formula is C20H23FN4O2S. The summed E-state index contributed by atoms with van der Waals surface area (Å²) in [6.07, 6.45) is 2.45. The quantitative estimate of drug-likeness (QED) is 0.820. The van der Waals surface area contributed by atoms with Crippen LogP contribution in [0.5, 0.6) is 0 Å². The minimum Gasteiger partial charge on any atom is -0.326 e. The van der Waals surface area contributed by atoms with Crippen LogP contribution in [0.2, 0.25) is 0 Å². The molecular weight excluding hydrogens is 379 g/mol. The van der Waals surface area contributed by atoms with Gasteiger partial charge in [0.1, 0.15) is 5.82 Å². The second-order valence-electron chi connectivity index (χ2n) is 7.63. The van der Waals surface area contributed by atoms with E-state index in [0.29, 0.717) is 16.4 Å². The zero-order valence-corrected chi connectivity index (χ0v) is 16.5. The summed E-state index contributed by atoms with van der Waals surface area (Å²) in [5, 5.41) is 7.94. The average molecular weight is 402 g/mol. The number of hydrogen-bond donors (Lipinski definition) is 2. The van der Waals surface area contributed by atoms with Gasteiger partial charge in [-0.15, -0.1) is 11.3 Å². The number of benzene rings is 1. The summed E-state index contributed by atoms with van der Waals surface area (Å²) in [5.41, 5.74) is 1.92. The third-order valence-corrected chi connectivity index (χ3v) is 6.22. The van der Waals surface area contributed by atoms with Gasteiger partial charge in [-0.1, -0.05) is 13.0 Å². The maximum Gasteiger partial charge on any atom is 0.234 e. The number of rotatable bonds is 4. The van der Waals surface area contributed by atoms with Crippen molar-refractivity contribution in [3.63, 3.8) is 0 Å². The summed E-state index contributed by atoms with van der Waals surface area (Å²) in [6, 6.07) is 4.10. The van der Waals surface area contributed by atoms with Crippen LogP contribution in [0.1, 0.15) is 43.4 Å². The summed E-state index contributed by atoms with van der Waals surface area (Å²) in [7, 11) is 0. The Morgan fingerprint density at radius 1 is 1.39 bits per heavy atom. The summed E-state index contributed by atoms with van der Waals surface area (Å²) < 4.78 is 13.4. The molecule has 8 heteroatoms. The van der Waals surface area contributed by atoms with E-state index in [-0.39, 0.29) is 18.2 Å². The molecule has 0 bridgehead atoms. The number of likely N-dealkylation sites (tertiary alicyclic amines) is 1. The molecule has 2 N–H and O–H groups in total. The third-order valence-electron chi connectivity index (χ3n) is 5.41. The number of nitrogens with one attached hydrogen (secondary N) is 2.